The number of aliphatic hydroxyl groups is 1. The normalized spacial score (nSPS) is 21.6. The molecule has 0 atom stereocenters. The standard InChI is InChI=1S/C12H23NO/c1-11(2)9-13-10-12(14)7-5-3-4-6-8-12/h13-14H,1,3-10H2,2H3. The second kappa shape index (κ2) is 5.52. The maximum atomic E-state index is 10.3. The Balaban J connectivity index is 2.27. The van der Waals surface area contributed by atoms with Crippen LogP contribution >= 0.6 is 0 Å². The Kier molecular flexibility index (Phi) is 4.63. The zero-order valence-corrected chi connectivity index (χ0v) is 9.31. The van der Waals surface area contributed by atoms with Crippen LogP contribution in [0.15, 0.2) is 12.2 Å². The molecule has 0 aromatic heterocycles. The summed E-state index contributed by atoms with van der Waals surface area (Å²) in [6.07, 6.45) is 6.81. The highest BCUT2D eigenvalue weighted by Crippen LogP contribution is 2.26. The fourth-order valence-corrected chi connectivity index (χ4v) is 2.07. The van der Waals surface area contributed by atoms with Crippen LogP contribution in [0.25, 0.3) is 0 Å². The summed E-state index contributed by atoms with van der Waals surface area (Å²) in [7, 11) is 0. The van der Waals surface area contributed by atoms with Crippen LogP contribution in [0.3, 0.4) is 0 Å². The quantitative estimate of drug-likeness (QED) is 0.535. The van der Waals surface area contributed by atoms with Crippen LogP contribution in [0.1, 0.15) is 45.4 Å². The average Bonchev–Trinajstić information content (AvgIpc) is 2.30. The first-order valence-electron chi connectivity index (χ1n) is 5.70. The monoisotopic (exact) mass is 197 g/mol. The van der Waals surface area contributed by atoms with Gasteiger partial charge in [-0.2, -0.15) is 0 Å². The molecule has 0 heterocycles. The van der Waals surface area contributed by atoms with Crippen molar-refractivity contribution < 1.29 is 5.11 Å². The highest BCUT2D eigenvalue weighted by molar-refractivity contribution is 4.92. The largest absolute Gasteiger partial charge is 0.389 e. The molecule has 2 heteroatoms. The molecule has 0 spiro atoms. The van der Waals surface area contributed by atoms with Gasteiger partial charge in [-0.15, -0.1) is 0 Å². The molecule has 1 aliphatic rings. The van der Waals surface area contributed by atoms with E-state index in [-0.39, 0.29) is 0 Å². The lowest BCUT2D eigenvalue weighted by Gasteiger charge is -2.27. The summed E-state index contributed by atoms with van der Waals surface area (Å²) >= 11 is 0. The van der Waals surface area contributed by atoms with Crippen molar-refractivity contribution in [2.45, 2.75) is 51.0 Å². The van der Waals surface area contributed by atoms with E-state index in [2.05, 4.69) is 11.9 Å². The molecule has 0 aromatic carbocycles. The van der Waals surface area contributed by atoms with Crippen molar-refractivity contribution in [1.29, 1.82) is 0 Å². The zero-order chi connectivity index (χ0) is 10.4. The van der Waals surface area contributed by atoms with E-state index in [9.17, 15) is 5.11 Å². The van der Waals surface area contributed by atoms with Crippen molar-refractivity contribution in [2.75, 3.05) is 13.1 Å². The lowest BCUT2D eigenvalue weighted by atomic mass is 9.94. The first-order chi connectivity index (χ1) is 6.62. The van der Waals surface area contributed by atoms with Crippen LogP contribution in [0, 0.1) is 0 Å². The number of hydrogen-bond acceptors (Lipinski definition) is 2. The van der Waals surface area contributed by atoms with Gasteiger partial charge in [-0.05, 0) is 19.8 Å². The fourth-order valence-electron chi connectivity index (χ4n) is 2.07. The Morgan fingerprint density at radius 2 is 1.86 bits per heavy atom. The molecule has 1 saturated carbocycles. The Morgan fingerprint density at radius 1 is 1.29 bits per heavy atom. The van der Waals surface area contributed by atoms with Crippen molar-refractivity contribution in [2.24, 2.45) is 0 Å². The van der Waals surface area contributed by atoms with Crippen molar-refractivity contribution in [3.8, 4) is 0 Å². The van der Waals surface area contributed by atoms with E-state index < -0.39 is 5.60 Å². The third-order valence-electron chi connectivity index (χ3n) is 2.92. The molecule has 0 bridgehead atoms. The van der Waals surface area contributed by atoms with Crippen molar-refractivity contribution >= 4 is 0 Å². The van der Waals surface area contributed by atoms with Gasteiger partial charge >= 0.3 is 0 Å². The SMILES string of the molecule is C=C(C)CNCC1(O)CCCCCC1. The molecule has 14 heavy (non-hydrogen) atoms. The Hall–Kier alpha value is -0.340. The van der Waals surface area contributed by atoms with Crippen LogP contribution in [0.4, 0.5) is 0 Å². The van der Waals surface area contributed by atoms with E-state index in [0.29, 0.717) is 0 Å². The van der Waals surface area contributed by atoms with E-state index >= 15 is 0 Å². The predicted molar refractivity (Wildman–Crippen MR) is 60.3 cm³/mol. The molecule has 2 nitrogen and oxygen atoms in total. The molecule has 0 unspecified atom stereocenters. The van der Waals surface area contributed by atoms with E-state index in [0.717, 1.165) is 31.5 Å². The van der Waals surface area contributed by atoms with Crippen LogP contribution in [0.2, 0.25) is 0 Å². The summed E-state index contributed by atoms with van der Waals surface area (Å²) in [5.74, 6) is 0. The van der Waals surface area contributed by atoms with Gasteiger partial charge in [-0.1, -0.05) is 37.8 Å². The molecule has 0 saturated heterocycles. The molecule has 1 aliphatic carbocycles. The molecule has 0 amide bonds. The summed E-state index contributed by atoms with van der Waals surface area (Å²) in [6, 6.07) is 0. The van der Waals surface area contributed by atoms with Crippen LogP contribution in [-0.2, 0) is 0 Å². The van der Waals surface area contributed by atoms with E-state index in [1.165, 1.54) is 25.7 Å². The number of rotatable bonds is 4. The summed E-state index contributed by atoms with van der Waals surface area (Å²) < 4.78 is 0. The maximum Gasteiger partial charge on any atom is 0.0771 e. The molecule has 82 valence electrons. The number of hydrogen-bond donors (Lipinski definition) is 2. The minimum atomic E-state index is -0.452. The van der Waals surface area contributed by atoms with E-state index in [1.807, 2.05) is 6.92 Å². The molecule has 1 rings (SSSR count). The minimum Gasteiger partial charge on any atom is -0.389 e. The predicted octanol–water partition coefficient (Wildman–Crippen LogP) is 2.24. The van der Waals surface area contributed by atoms with Gasteiger partial charge in [0, 0.05) is 13.1 Å². The molecular formula is C12H23NO. The van der Waals surface area contributed by atoms with Crippen molar-refractivity contribution in [3.63, 3.8) is 0 Å². The zero-order valence-electron chi connectivity index (χ0n) is 9.31. The lowest BCUT2D eigenvalue weighted by molar-refractivity contribution is 0.0261. The Labute approximate surface area is 87.4 Å². The summed E-state index contributed by atoms with van der Waals surface area (Å²) in [5, 5.41) is 13.5. The molecule has 0 aliphatic heterocycles. The third kappa shape index (κ3) is 4.25. The highest BCUT2D eigenvalue weighted by Gasteiger charge is 2.26. The molecule has 0 radical (unpaired) electrons. The summed E-state index contributed by atoms with van der Waals surface area (Å²) in [6.45, 7) is 7.38. The van der Waals surface area contributed by atoms with Gasteiger partial charge in [0.25, 0.3) is 0 Å². The fraction of sp³-hybridized carbons (Fsp3) is 0.833. The van der Waals surface area contributed by atoms with Gasteiger partial charge in [-0.25, -0.2) is 0 Å². The van der Waals surface area contributed by atoms with Crippen LogP contribution < -0.4 is 5.32 Å². The highest BCUT2D eigenvalue weighted by atomic mass is 16.3. The summed E-state index contributed by atoms with van der Waals surface area (Å²) in [4.78, 5) is 0. The molecule has 2 N–H and O–H groups in total. The molecule has 1 fully saturated rings. The first kappa shape index (κ1) is 11.7. The third-order valence-corrected chi connectivity index (χ3v) is 2.92. The van der Waals surface area contributed by atoms with Gasteiger partial charge in [0.05, 0.1) is 5.60 Å². The van der Waals surface area contributed by atoms with Gasteiger partial charge in [0.15, 0.2) is 0 Å². The molecule has 0 aromatic rings. The van der Waals surface area contributed by atoms with Gasteiger partial charge in [0.2, 0.25) is 0 Å². The average molecular weight is 197 g/mol. The Morgan fingerprint density at radius 3 is 2.36 bits per heavy atom. The van der Waals surface area contributed by atoms with Gasteiger partial charge in [-0.3, -0.25) is 0 Å². The number of nitrogens with one attached hydrogen (secondary N) is 1. The second-order valence-corrected chi connectivity index (χ2v) is 4.70. The lowest BCUT2D eigenvalue weighted by Crippen LogP contribution is -2.40. The van der Waals surface area contributed by atoms with Crippen LogP contribution in [0.5, 0.6) is 0 Å². The van der Waals surface area contributed by atoms with Gasteiger partial charge < -0.3 is 10.4 Å². The van der Waals surface area contributed by atoms with Crippen molar-refractivity contribution in [1.82, 2.24) is 5.32 Å². The Bertz CT molecular complexity index is 181. The minimum absolute atomic E-state index is 0.452. The second-order valence-electron chi connectivity index (χ2n) is 4.70. The van der Waals surface area contributed by atoms with Crippen LogP contribution in [-0.4, -0.2) is 23.8 Å². The maximum absolute atomic E-state index is 10.3. The first-order valence-corrected chi connectivity index (χ1v) is 5.70. The topological polar surface area (TPSA) is 32.3 Å². The van der Waals surface area contributed by atoms with E-state index in [1.54, 1.807) is 0 Å². The smallest absolute Gasteiger partial charge is 0.0771 e. The van der Waals surface area contributed by atoms with Crippen molar-refractivity contribution in [3.05, 3.63) is 12.2 Å². The van der Waals surface area contributed by atoms with Gasteiger partial charge in [0.1, 0.15) is 0 Å². The summed E-state index contributed by atoms with van der Waals surface area (Å²) in [5.41, 5.74) is 0.675. The van der Waals surface area contributed by atoms with E-state index in [4.69, 9.17) is 0 Å². The molecular weight excluding hydrogens is 174 g/mol.